The van der Waals surface area contributed by atoms with E-state index in [-0.39, 0.29) is 5.54 Å². The summed E-state index contributed by atoms with van der Waals surface area (Å²) in [5.41, 5.74) is 0.186. The molecular formula is C15H29N3S. The Morgan fingerprint density at radius 1 is 1.32 bits per heavy atom. The summed E-state index contributed by atoms with van der Waals surface area (Å²) in [7, 11) is 0. The normalized spacial score (nSPS) is 16.5. The Morgan fingerprint density at radius 3 is 2.42 bits per heavy atom. The smallest absolute Gasteiger partial charge is 0.0941 e. The Bertz CT molecular complexity index is 335. The van der Waals surface area contributed by atoms with Crippen LogP contribution in [0, 0.1) is 0 Å². The minimum Gasteiger partial charge on any atom is -0.312 e. The number of hydrogen-bond donors (Lipinski definition) is 1. The van der Waals surface area contributed by atoms with E-state index in [4.69, 9.17) is 0 Å². The van der Waals surface area contributed by atoms with Gasteiger partial charge in [0.2, 0.25) is 0 Å². The molecule has 0 spiro atoms. The van der Waals surface area contributed by atoms with Crippen molar-refractivity contribution in [2.75, 3.05) is 19.6 Å². The van der Waals surface area contributed by atoms with Crippen molar-refractivity contribution in [2.45, 2.75) is 59.0 Å². The third kappa shape index (κ3) is 4.01. The lowest BCUT2D eigenvalue weighted by molar-refractivity contribution is 0.0706. The predicted molar refractivity (Wildman–Crippen MR) is 84.9 cm³/mol. The Labute approximate surface area is 122 Å². The van der Waals surface area contributed by atoms with Crippen LogP contribution in [0.25, 0.3) is 0 Å². The topological polar surface area (TPSA) is 28.2 Å². The first-order valence-electron chi connectivity index (χ1n) is 7.49. The number of thiazole rings is 1. The average molecular weight is 283 g/mol. The Balaban J connectivity index is 2.92. The number of nitrogens with zero attached hydrogens (tertiary/aromatic N) is 2. The molecule has 0 aromatic carbocycles. The Kier molecular flexibility index (Phi) is 6.97. The van der Waals surface area contributed by atoms with Gasteiger partial charge in [0.25, 0.3) is 0 Å². The van der Waals surface area contributed by atoms with Crippen LogP contribution in [0.3, 0.4) is 0 Å². The monoisotopic (exact) mass is 283 g/mol. The molecule has 1 aromatic rings. The van der Waals surface area contributed by atoms with E-state index < -0.39 is 0 Å². The highest BCUT2D eigenvalue weighted by atomic mass is 32.1. The first kappa shape index (κ1) is 16.6. The van der Waals surface area contributed by atoms with Gasteiger partial charge >= 0.3 is 0 Å². The predicted octanol–water partition coefficient (Wildman–Crippen LogP) is 3.17. The third-order valence-corrected chi connectivity index (χ3v) is 5.07. The molecule has 2 atom stereocenters. The van der Waals surface area contributed by atoms with Crippen LogP contribution in [-0.2, 0) is 6.42 Å². The minimum atomic E-state index is 0.186. The summed E-state index contributed by atoms with van der Waals surface area (Å²) in [6.07, 6.45) is 4.08. The third-order valence-electron chi connectivity index (χ3n) is 4.27. The van der Waals surface area contributed by atoms with Gasteiger partial charge in [-0.2, -0.15) is 0 Å². The average Bonchev–Trinajstić information content (AvgIpc) is 2.92. The maximum absolute atomic E-state index is 4.46. The molecule has 1 aromatic heterocycles. The van der Waals surface area contributed by atoms with Gasteiger partial charge in [-0.05, 0) is 33.0 Å². The zero-order chi connectivity index (χ0) is 14.3. The molecule has 0 bridgehead atoms. The zero-order valence-electron chi connectivity index (χ0n) is 13.1. The van der Waals surface area contributed by atoms with Gasteiger partial charge < -0.3 is 5.32 Å². The molecule has 0 aliphatic carbocycles. The lowest BCUT2D eigenvalue weighted by Crippen LogP contribution is -2.60. The van der Waals surface area contributed by atoms with Crippen LogP contribution < -0.4 is 5.32 Å². The fraction of sp³-hybridized carbons (Fsp3) is 0.800. The molecule has 1 N–H and O–H groups in total. The number of aromatic nitrogens is 1. The summed E-state index contributed by atoms with van der Waals surface area (Å²) in [6.45, 7) is 14.6. The molecule has 1 heterocycles. The molecule has 3 nitrogen and oxygen atoms in total. The molecule has 0 fully saturated rings. The van der Waals surface area contributed by atoms with Crippen LogP contribution in [0.15, 0.2) is 11.6 Å². The quantitative estimate of drug-likeness (QED) is 0.754. The molecule has 0 saturated heterocycles. The van der Waals surface area contributed by atoms with E-state index in [0.717, 1.165) is 32.5 Å². The summed E-state index contributed by atoms with van der Waals surface area (Å²) in [4.78, 5) is 7.03. The largest absolute Gasteiger partial charge is 0.312 e. The summed E-state index contributed by atoms with van der Waals surface area (Å²) in [5, 5.41) is 6.99. The van der Waals surface area contributed by atoms with Crippen molar-refractivity contribution in [1.29, 1.82) is 0 Å². The summed E-state index contributed by atoms with van der Waals surface area (Å²) < 4.78 is 0. The zero-order valence-corrected chi connectivity index (χ0v) is 13.9. The van der Waals surface area contributed by atoms with Gasteiger partial charge in [-0.1, -0.05) is 27.7 Å². The second kappa shape index (κ2) is 7.98. The Hall–Kier alpha value is -0.450. The molecule has 4 heteroatoms. The number of nitrogens with one attached hydrogen (secondary N) is 1. The fourth-order valence-electron chi connectivity index (χ4n) is 2.92. The maximum Gasteiger partial charge on any atom is 0.0941 e. The highest BCUT2D eigenvalue weighted by Gasteiger charge is 2.36. The van der Waals surface area contributed by atoms with Crippen LogP contribution in [0.1, 0.15) is 46.0 Å². The van der Waals surface area contributed by atoms with Gasteiger partial charge in [0.15, 0.2) is 0 Å². The first-order chi connectivity index (χ1) is 9.12. The van der Waals surface area contributed by atoms with E-state index in [1.165, 1.54) is 5.01 Å². The second-order valence-electron chi connectivity index (χ2n) is 5.12. The van der Waals surface area contributed by atoms with E-state index in [1.54, 1.807) is 11.3 Å². The van der Waals surface area contributed by atoms with E-state index >= 15 is 0 Å². The summed E-state index contributed by atoms with van der Waals surface area (Å²) in [5.74, 6) is 0. The van der Waals surface area contributed by atoms with Gasteiger partial charge in [0.1, 0.15) is 0 Å². The van der Waals surface area contributed by atoms with Crippen molar-refractivity contribution in [2.24, 2.45) is 0 Å². The molecule has 110 valence electrons. The van der Waals surface area contributed by atoms with Gasteiger partial charge in [-0.3, -0.25) is 4.90 Å². The van der Waals surface area contributed by atoms with E-state index in [1.807, 2.05) is 6.20 Å². The van der Waals surface area contributed by atoms with Crippen LogP contribution in [0.4, 0.5) is 0 Å². The van der Waals surface area contributed by atoms with Gasteiger partial charge in [-0.15, -0.1) is 11.3 Å². The van der Waals surface area contributed by atoms with Crippen molar-refractivity contribution in [3.05, 3.63) is 16.6 Å². The van der Waals surface area contributed by atoms with Crippen LogP contribution in [0.5, 0.6) is 0 Å². The first-order valence-corrected chi connectivity index (χ1v) is 8.37. The molecule has 1 rings (SSSR count). The van der Waals surface area contributed by atoms with Crippen molar-refractivity contribution >= 4 is 11.3 Å². The van der Waals surface area contributed by atoms with E-state index in [9.17, 15) is 0 Å². The van der Waals surface area contributed by atoms with Crippen molar-refractivity contribution in [3.63, 3.8) is 0 Å². The van der Waals surface area contributed by atoms with Crippen LogP contribution >= 0.6 is 11.3 Å². The lowest BCUT2D eigenvalue weighted by atomic mass is 9.85. The van der Waals surface area contributed by atoms with Gasteiger partial charge in [0.05, 0.1) is 5.01 Å². The van der Waals surface area contributed by atoms with Gasteiger partial charge in [0, 0.05) is 29.6 Å². The van der Waals surface area contributed by atoms with Crippen molar-refractivity contribution in [3.8, 4) is 0 Å². The van der Waals surface area contributed by atoms with E-state index in [2.05, 4.69) is 55.2 Å². The fourth-order valence-corrected chi connectivity index (χ4v) is 3.59. The molecule has 19 heavy (non-hydrogen) atoms. The van der Waals surface area contributed by atoms with Gasteiger partial charge in [-0.25, -0.2) is 4.98 Å². The van der Waals surface area contributed by atoms with Crippen molar-refractivity contribution in [1.82, 2.24) is 15.2 Å². The number of rotatable bonds is 9. The highest BCUT2D eigenvalue weighted by molar-refractivity contribution is 7.09. The highest BCUT2D eigenvalue weighted by Crippen LogP contribution is 2.26. The maximum atomic E-state index is 4.46. The molecule has 0 radical (unpaired) electrons. The van der Waals surface area contributed by atoms with E-state index in [0.29, 0.717) is 6.04 Å². The molecule has 0 aliphatic rings. The molecule has 0 aliphatic heterocycles. The lowest BCUT2D eigenvalue weighted by Gasteiger charge is -2.46. The SMILES string of the molecule is CCNC(Cc1nccs1)C(C)(CC)N(CC)CC. The van der Waals surface area contributed by atoms with Crippen LogP contribution in [0.2, 0.25) is 0 Å². The molecule has 2 unspecified atom stereocenters. The minimum absolute atomic E-state index is 0.186. The number of hydrogen-bond acceptors (Lipinski definition) is 4. The standard InChI is InChI=1S/C15H29N3S/c1-6-15(5,18(8-3)9-4)13(16-7-2)12-14-17-10-11-19-14/h10-11,13,16H,6-9,12H2,1-5H3. The Morgan fingerprint density at radius 2 is 2.00 bits per heavy atom. The summed E-state index contributed by atoms with van der Waals surface area (Å²) >= 11 is 1.76. The molecule has 0 saturated carbocycles. The summed E-state index contributed by atoms with van der Waals surface area (Å²) in [6, 6.07) is 0.452. The van der Waals surface area contributed by atoms with Crippen molar-refractivity contribution < 1.29 is 0 Å². The van der Waals surface area contributed by atoms with Crippen LogP contribution in [-0.4, -0.2) is 41.1 Å². The molecular weight excluding hydrogens is 254 g/mol. The second-order valence-corrected chi connectivity index (χ2v) is 6.10. The number of likely N-dealkylation sites (N-methyl/N-ethyl adjacent to an activating group) is 2. The molecule has 0 amide bonds.